The minimum absolute atomic E-state index is 0.0816. The van der Waals surface area contributed by atoms with Crippen LogP contribution in [0.1, 0.15) is 23.2 Å². The van der Waals surface area contributed by atoms with Crippen molar-refractivity contribution in [3.8, 4) is 0 Å². The molecule has 5 heteroatoms. The first-order chi connectivity index (χ1) is 9.10. The van der Waals surface area contributed by atoms with E-state index < -0.39 is 0 Å². The topological polar surface area (TPSA) is 32.3 Å². The summed E-state index contributed by atoms with van der Waals surface area (Å²) in [5, 5.41) is 4.01. The van der Waals surface area contributed by atoms with E-state index in [-0.39, 0.29) is 5.91 Å². The zero-order valence-electron chi connectivity index (χ0n) is 10.6. The molecule has 0 saturated carbocycles. The average Bonchev–Trinajstić information content (AvgIpc) is 3.03. The molecule has 19 heavy (non-hydrogen) atoms. The van der Waals surface area contributed by atoms with E-state index in [1.807, 2.05) is 11.0 Å². The van der Waals surface area contributed by atoms with E-state index in [9.17, 15) is 4.79 Å². The van der Waals surface area contributed by atoms with Crippen LogP contribution in [-0.4, -0.2) is 37.0 Å². The van der Waals surface area contributed by atoms with Gasteiger partial charge in [-0.05, 0) is 53.5 Å². The molecule has 102 valence electrons. The Balaban J connectivity index is 1.79. The molecule has 1 N–H and O–H groups in total. The minimum Gasteiger partial charge on any atom is -0.338 e. The fraction of sp³-hybridized carbons (Fsp3) is 0.500. The van der Waals surface area contributed by atoms with Crippen LogP contribution >= 0.6 is 27.5 Å². The molecule has 1 spiro atoms. The highest BCUT2D eigenvalue weighted by atomic mass is 79.9. The second kappa shape index (κ2) is 5.08. The van der Waals surface area contributed by atoms with Crippen molar-refractivity contribution in [1.29, 1.82) is 0 Å². The van der Waals surface area contributed by atoms with E-state index in [4.69, 9.17) is 11.6 Å². The third-order valence-electron chi connectivity index (χ3n) is 4.22. The van der Waals surface area contributed by atoms with Gasteiger partial charge in [0.2, 0.25) is 0 Å². The number of hydrogen-bond acceptors (Lipinski definition) is 2. The Morgan fingerprint density at radius 1 is 1.42 bits per heavy atom. The van der Waals surface area contributed by atoms with Crippen LogP contribution in [0.25, 0.3) is 0 Å². The van der Waals surface area contributed by atoms with Gasteiger partial charge in [-0.2, -0.15) is 0 Å². The number of halogens is 2. The minimum atomic E-state index is 0.0816. The van der Waals surface area contributed by atoms with Crippen LogP contribution in [0.5, 0.6) is 0 Å². The van der Waals surface area contributed by atoms with Gasteiger partial charge in [0.15, 0.2) is 0 Å². The summed E-state index contributed by atoms with van der Waals surface area (Å²) in [5.74, 6) is 0.0816. The van der Waals surface area contributed by atoms with Crippen LogP contribution in [0.3, 0.4) is 0 Å². The van der Waals surface area contributed by atoms with Gasteiger partial charge in [-0.15, -0.1) is 0 Å². The maximum absolute atomic E-state index is 12.6. The zero-order chi connectivity index (χ0) is 13.5. The van der Waals surface area contributed by atoms with Crippen molar-refractivity contribution in [1.82, 2.24) is 10.2 Å². The summed E-state index contributed by atoms with van der Waals surface area (Å²) in [6.45, 7) is 3.81. The van der Waals surface area contributed by atoms with Gasteiger partial charge in [-0.3, -0.25) is 4.79 Å². The summed E-state index contributed by atoms with van der Waals surface area (Å²) >= 11 is 9.42. The Morgan fingerprint density at radius 3 is 3.00 bits per heavy atom. The maximum Gasteiger partial charge on any atom is 0.255 e. The second-order valence-corrected chi connectivity index (χ2v) is 6.82. The van der Waals surface area contributed by atoms with E-state index in [0.717, 1.165) is 37.1 Å². The van der Waals surface area contributed by atoms with Crippen molar-refractivity contribution < 1.29 is 4.79 Å². The van der Waals surface area contributed by atoms with E-state index >= 15 is 0 Å². The van der Waals surface area contributed by atoms with E-state index in [2.05, 4.69) is 21.2 Å². The monoisotopic (exact) mass is 342 g/mol. The fourth-order valence-electron chi connectivity index (χ4n) is 3.08. The highest BCUT2D eigenvalue weighted by molar-refractivity contribution is 9.10. The number of rotatable bonds is 1. The Hall–Kier alpha value is -0.580. The van der Waals surface area contributed by atoms with Gasteiger partial charge in [0.1, 0.15) is 0 Å². The van der Waals surface area contributed by atoms with Crippen LogP contribution in [0, 0.1) is 5.41 Å². The van der Waals surface area contributed by atoms with Crippen molar-refractivity contribution in [3.63, 3.8) is 0 Å². The molecular formula is C14H16BrClN2O. The van der Waals surface area contributed by atoms with Crippen molar-refractivity contribution in [2.75, 3.05) is 26.2 Å². The zero-order valence-corrected chi connectivity index (χ0v) is 12.9. The third kappa shape index (κ3) is 2.54. The lowest BCUT2D eigenvalue weighted by atomic mass is 9.86. The normalized spacial score (nSPS) is 26.3. The van der Waals surface area contributed by atoms with Gasteiger partial charge in [-0.1, -0.05) is 11.6 Å². The van der Waals surface area contributed by atoms with E-state index in [1.165, 1.54) is 6.42 Å². The van der Waals surface area contributed by atoms with Crippen LogP contribution in [0.4, 0.5) is 0 Å². The highest BCUT2D eigenvalue weighted by Crippen LogP contribution is 2.37. The molecule has 0 radical (unpaired) electrons. The molecule has 2 aliphatic heterocycles. The first-order valence-corrected chi connectivity index (χ1v) is 7.72. The lowest BCUT2D eigenvalue weighted by Gasteiger charge is -2.23. The lowest BCUT2D eigenvalue weighted by Crippen LogP contribution is -2.33. The molecule has 0 bridgehead atoms. The van der Waals surface area contributed by atoms with Crippen LogP contribution in [0.2, 0.25) is 5.02 Å². The number of carbonyl (C=O) groups excluding carboxylic acids is 1. The summed E-state index contributed by atoms with van der Waals surface area (Å²) in [6, 6.07) is 5.36. The SMILES string of the molecule is O=C(c1cc(Cl)ccc1Br)N1CCC2(CCNC2)C1. The molecule has 3 rings (SSSR count). The fourth-order valence-corrected chi connectivity index (χ4v) is 3.67. The van der Waals surface area contributed by atoms with Gasteiger partial charge in [-0.25, -0.2) is 0 Å². The standard InChI is InChI=1S/C14H16BrClN2O/c15-12-2-1-10(16)7-11(12)13(19)18-6-4-14(9-18)3-5-17-8-14/h1-2,7,17H,3-6,8-9H2. The van der Waals surface area contributed by atoms with E-state index in [1.54, 1.807) is 12.1 Å². The average molecular weight is 344 g/mol. The summed E-state index contributed by atoms with van der Waals surface area (Å²) in [4.78, 5) is 14.5. The number of benzene rings is 1. The van der Waals surface area contributed by atoms with Crippen LogP contribution in [0.15, 0.2) is 22.7 Å². The number of hydrogen-bond donors (Lipinski definition) is 1. The quantitative estimate of drug-likeness (QED) is 0.850. The Kier molecular flexibility index (Phi) is 3.58. The number of nitrogens with one attached hydrogen (secondary N) is 1. The first-order valence-electron chi connectivity index (χ1n) is 6.55. The molecule has 0 aromatic heterocycles. The lowest BCUT2D eigenvalue weighted by molar-refractivity contribution is 0.0775. The van der Waals surface area contributed by atoms with Crippen molar-refractivity contribution in [2.45, 2.75) is 12.8 Å². The van der Waals surface area contributed by atoms with Gasteiger partial charge >= 0.3 is 0 Å². The molecule has 2 fully saturated rings. The summed E-state index contributed by atoms with van der Waals surface area (Å²) in [6.07, 6.45) is 2.28. The number of nitrogens with zero attached hydrogens (tertiary/aromatic N) is 1. The maximum atomic E-state index is 12.6. The molecule has 1 aromatic rings. The predicted molar refractivity (Wildman–Crippen MR) is 79.6 cm³/mol. The Bertz CT molecular complexity index is 514. The molecule has 3 nitrogen and oxygen atoms in total. The predicted octanol–water partition coefficient (Wildman–Crippen LogP) is 2.93. The second-order valence-electron chi connectivity index (χ2n) is 5.53. The molecule has 2 saturated heterocycles. The van der Waals surface area contributed by atoms with Gasteiger partial charge < -0.3 is 10.2 Å². The third-order valence-corrected chi connectivity index (χ3v) is 5.14. The smallest absolute Gasteiger partial charge is 0.255 e. The molecule has 1 unspecified atom stereocenters. The summed E-state index contributed by atoms with van der Waals surface area (Å²) < 4.78 is 0.812. The molecular weight excluding hydrogens is 328 g/mol. The largest absolute Gasteiger partial charge is 0.338 e. The molecule has 1 atom stereocenters. The number of likely N-dealkylation sites (tertiary alicyclic amines) is 1. The number of carbonyl (C=O) groups is 1. The van der Waals surface area contributed by atoms with Crippen molar-refractivity contribution >= 4 is 33.4 Å². The molecule has 2 aliphatic rings. The molecule has 2 heterocycles. The highest BCUT2D eigenvalue weighted by Gasteiger charge is 2.42. The molecule has 1 amide bonds. The van der Waals surface area contributed by atoms with E-state index in [0.29, 0.717) is 16.0 Å². The number of amides is 1. The summed E-state index contributed by atoms with van der Waals surface area (Å²) in [5.41, 5.74) is 0.969. The van der Waals surface area contributed by atoms with Crippen molar-refractivity contribution in [3.05, 3.63) is 33.3 Å². The Labute approximate surface area is 126 Å². The molecule has 0 aliphatic carbocycles. The van der Waals surface area contributed by atoms with Crippen LogP contribution in [-0.2, 0) is 0 Å². The summed E-state index contributed by atoms with van der Waals surface area (Å²) in [7, 11) is 0. The first kappa shape index (κ1) is 13.4. The van der Waals surface area contributed by atoms with Gasteiger partial charge in [0, 0.05) is 34.5 Å². The van der Waals surface area contributed by atoms with Crippen molar-refractivity contribution in [2.24, 2.45) is 5.41 Å². The van der Waals surface area contributed by atoms with Gasteiger partial charge in [0.25, 0.3) is 5.91 Å². The van der Waals surface area contributed by atoms with Crippen LogP contribution < -0.4 is 5.32 Å². The molecule has 1 aromatic carbocycles. The van der Waals surface area contributed by atoms with Gasteiger partial charge in [0.05, 0.1) is 5.56 Å². The Morgan fingerprint density at radius 2 is 2.26 bits per heavy atom.